The molecule has 0 spiro atoms. The molecule has 14 heavy (non-hydrogen) atoms. The predicted octanol–water partition coefficient (Wildman–Crippen LogP) is 1.53. The van der Waals surface area contributed by atoms with Gasteiger partial charge in [0.15, 0.2) is 0 Å². The molecule has 0 saturated carbocycles. The fourth-order valence-electron chi connectivity index (χ4n) is 0.935. The van der Waals surface area contributed by atoms with E-state index in [1.54, 1.807) is 14.1 Å². The van der Waals surface area contributed by atoms with Crippen molar-refractivity contribution in [1.29, 1.82) is 0 Å². The minimum Gasteiger partial charge on any atom is -0.396 e. The first-order valence-corrected chi connectivity index (χ1v) is 3.79. The Morgan fingerprint density at radius 2 is 2.00 bits per heavy atom. The molecule has 0 atom stereocenters. The number of amides is 1. The number of hydrogen-bond donors (Lipinski definition) is 1. The van der Waals surface area contributed by atoms with Crippen molar-refractivity contribution in [2.24, 2.45) is 0 Å². The second-order valence-electron chi connectivity index (χ2n) is 2.94. The summed E-state index contributed by atoms with van der Waals surface area (Å²) in [5, 5.41) is 0. The highest BCUT2D eigenvalue weighted by atomic mass is 35.5. The predicted molar refractivity (Wildman–Crippen MR) is 56.1 cm³/mol. The van der Waals surface area contributed by atoms with Crippen LogP contribution in [0.4, 0.5) is 10.1 Å². The van der Waals surface area contributed by atoms with Crippen LogP contribution in [-0.2, 0) is 0 Å². The number of rotatable bonds is 1. The van der Waals surface area contributed by atoms with Gasteiger partial charge in [0.2, 0.25) is 0 Å². The van der Waals surface area contributed by atoms with Gasteiger partial charge < -0.3 is 10.6 Å². The maximum atomic E-state index is 12.7. The number of carbonyl (C=O) groups is 1. The van der Waals surface area contributed by atoms with Crippen molar-refractivity contribution >= 4 is 24.0 Å². The molecule has 0 aromatic heterocycles. The fraction of sp³-hybridized carbons (Fsp3) is 0.222. The summed E-state index contributed by atoms with van der Waals surface area (Å²) in [6.07, 6.45) is 0. The van der Waals surface area contributed by atoms with Gasteiger partial charge in [-0.05, 0) is 18.2 Å². The number of halogens is 2. The van der Waals surface area contributed by atoms with Crippen LogP contribution in [0.15, 0.2) is 18.2 Å². The quantitative estimate of drug-likeness (QED) is 0.727. The van der Waals surface area contributed by atoms with Crippen molar-refractivity contribution < 1.29 is 9.18 Å². The summed E-state index contributed by atoms with van der Waals surface area (Å²) in [6, 6.07) is 3.93. The lowest BCUT2D eigenvalue weighted by Crippen LogP contribution is -2.21. The fourth-order valence-corrected chi connectivity index (χ4v) is 0.935. The summed E-state index contributed by atoms with van der Waals surface area (Å²) < 4.78 is 12.7. The van der Waals surface area contributed by atoms with Crippen molar-refractivity contribution in [1.82, 2.24) is 4.90 Å². The summed E-state index contributed by atoms with van der Waals surface area (Å²) in [7, 11) is 3.25. The highest BCUT2D eigenvalue weighted by Crippen LogP contribution is 2.12. The highest BCUT2D eigenvalue weighted by molar-refractivity contribution is 5.94. The number of anilines is 1. The van der Waals surface area contributed by atoms with Gasteiger partial charge in [-0.15, -0.1) is 12.4 Å². The van der Waals surface area contributed by atoms with Gasteiger partial charge in [0.1, 0.15) is 5.82 Å². The molecule has 0 aliphatic heterocycles. The summed E-state index contributed by atoms with van der Waals surface area (Å²) >= 11 is 0. The van der Waals surface area contributed by atoms with E-state index in [-0.39, 0.29) is 24.0 Å². The van der Waals surface area contributed by atoms with Crippen molar-refractivity contribution in [3.05, 3.63) is 29.6 Å². The second-order valence-corrected chi connectivity index (χ2v) is 2.94. The maximum Gasteiger partial charge on any atom is 0.253 e. The molecular weight excluding hydrogens is 207 g/mol. The van der Waals surface area contributed by atoms with Crippen LogP contribution in [-0.4, -0.2) is 24.9 Å². The molecule has 78 valence electrons. The van der Waals surface area contributed by atoms with Crippen LogP contribution in [0.25, 0.3) is 0 Å². The SMILES string of the molecule is CN(C)C(=O)c1ccc(F)c(N)c1.Cl. The average molecular weight is 219 g/mol. The first-order valence-electron chi connectivity index (χ1n) is 3.79. The van der Waals surface area contributed by atoms with Gasteiger partial charge >= 0.3 is 0 Å². The molecule has 1 aromatic carbocycles. The van der Waals surface area contributed by atoms with Crippen LogP contribution < -0.4 is 5.73 Å². The Kier molecular flexibility index (Phi) is 4.37. The Hall–Kier alpha value is -1.29. The van der Waals surface area contributed by atoms with Gasteiger partial charge in [0.25, 0.3) is 5.91 Å². The third-order valence-electron chi connectivity index (χ3n) is 1.65. The van der Waals surface area contributed by atoms with E-state index in [1.807, 2.05) is 0 Å². The van der Waals surface area contributed by atoms with Crippen LogP contribution >= 0.6 is 12.4 Å². The zero-order valence-electron chi connectivity index (χ0n) is 7.95. The third-order valence-corrected chi connectivity index (χ3v) is 1.65. The zero-order valence-corrected chi connectivity index (χ0v) is 8.77. The van der Waals surface area contributed by atoms with Gasteiger partial charge in [-0.1, -0.05) is 0 Å². The van der Waals surface area contributed by atoms with Gasteiger partial charge in [0.05, 0.1) is 5.69 Å². The molecule has 3 nitrogen and oxygen atoms in total. The number of nitrogens with zero attached hydrogens (tertiary/aromatic N) is 1. The molecule has 1 rings (SSSR count). The third kappa shape index (κ3) is 2.60. The van der Waals surface area contributed by atoms with Crippen molar-refractivity contribution in [2.45, 2.75) is 0 Å². The summed E-state index contributed by atoms with van der Waals surface area (Å²) in [5.41, 5.74) is 5.70. The Morgan fingerprint density at radius 1 is 1.43 bits per heavy atom. The first kappa shape index (κ1) is 12.7. The molecule has 0 bridgehead atoms. The van der Waals surface area contributed by atoms with Crippen LogP contribution in [0, 0.1) is 5.82 Å². The van der Waals surface area contributed by atoms with Crippen LogP contribution in [0.5, 0.6) is 0 Å². The van der Waals surface area contributed by atoms with E-state index in [0.717, 1.165) is 0 Å². The molecular formula is C9H12ClFN2O. The number of nitrogens with two attached hydrogens (primary N) is 1. The van der Waals surface area contributed by atoms with Gasteiger partial charge in [-0.2, -0.15) is 0 Å². The number of hydrogen-bond acceptors (Lipinski definition) is 2. The number of nitrogen functional groups attached to an aromatic ring is 1. The highest BCUT2D eigenvalue weighted by Gasteiger charge is 2.09. The molecule has 0 aliphatic carbocycles. The summed E-state index contributed by atoms with van der Waals surface area (Å²) in [6.45, 7) is 0. The smallest absolute Gasteiger partial charge is 0.253 e. The van der Waals surface area contributed by atoms with Gasteiger partial charge in [-0.25, -0.2) is 4.39 Å². The Bertz CT molecular complexity index is 342. The molecule has 0 radical (unpaired) electrons. The minimum atomic E-state index is -0.504. The van der Waals surface area contributed by atoms with Crippen LogP contribution in [0.3, 0.4) is 0 Å². The summed E-state index contributed by atoms with van der Waals surface area (Å²) in [4.78, 5) is 12.8. The first-order chi connectivity index (χ1) is 6.02. The minimum absolute atomic E-state index is 0. The molecule has 0 heterocycles. The van der Waals surface area contributed by atoms with E-state index in [9.17, 15) is 9.18 Å². The monoisotopic (exact) mass is 218 g/mol. The van der Waals surface area contributed by atoms with E-state index in [0.29, 0.717) is 5.56 Å². The zero-order chi connectivity index (χ0) is 10.0. The molecule has 5 heteroatoms. The van der Waals surface area contributed by atoms with Crippen LogP contribution in [0.1, 0.15) is 10.4 Å². The molecule has 1 amide bonds. The standard InChI is InChI=1S/C9H11FN2O.ClH/c1-12(2)9(13)6-3-4-7(10)8(11)5-6;/h3-5H,11H2,1-2H3;1H. The second kappa shape index (κ2) is 4.81. The Labute approximate surface area is 88.1 Å². The van der Waals surface area contributed by atoms with Crippen molar-refractivity contribution in [3.63, 3.8) is 0 Å². The average Bonchev–Trinajstić information content (AvgIpc) is 2.08. The molecule has 0 saturated heterocycles. The number of benzene rings is 1. The molecule has 0 aliphatic rings. The largest absolute Gasteiger partial charge is 0.396 e. The Morgan fingerprint density at radius 3 is 2.43 bits per heavy atom. The van der Waals surface area contributed by atoms with Crippen molar-refractivity contribution in [2.75, 3.05) is 19.8 Å². The lowest BCUT2D eigenvalue weighted by molar-refractivity contribution is 0.0827. The molecule has 1 aromatic rings. The van der Waals surface area contributed by atoms with E-state index in [2.05, 4.69) is 0 Å². The Balaban J connectivity index is 0.00000169. The van der Waals surface area contributed by atoms with E-state index >= 15 is 0 Å². The normalized spacial score (nSPS) is 9.07. The molecule has 0 fully saturated rings. The maximum absolute atomic E-state index is 12.7. The number of carbonyl (C=O) groups excluding carboxylic acids is 1. The van der Waals surface area contributed by atoms with E-state index in [1.165, 1.54) is 23.1 Å². The molecule has 2 N–H and O–H groups in total. The topological polar surface area (TPSA) is 46.3 Å². The van der Waals surface area contributed by atoms with Crippen molar-refractivity contribution in [3.8, 4) is 0 Å². The summed E-state index contributed by atoms with van der Waals surface area (Å²) in [5.74, 6) is -0.693. The van der Waals surface area contributed by atoms with E-state index < -0.39 is 5.82 Å². The van der Waals surface area contributed by atoms with E-state index in [4.69, 9.17) is 5.73 Å². The van der Waals surface area contributed by atoms with Crippen LogP contribution in [0.2, 0.25) is 0 Å². The van der Waals surface area contributed by atoms with Gasteiger partial charge in [0, 0.05) is 19.7 Å². The molecule has 0 unspecified atom stereocenters. The lowest BCUT2D eigenvalue weighted by Gasteiger charge is -2.10. The van der Waals surface area contributed by atoms with Gasteiger partial charge in [-0.3, -0.25) is 4.79 Å². The lowest BCUT2D eigenvalue weighted by atomic mass is 10.2.